The Morgan fingerprint density at radius 1 is 1.55 bits per heavy atom. The monoisotopic (exact) mass is 499 g/mol. The molecule has 0 bridgehead atoms. The molecule has 31 heavy (non-hydrogen) atoms. The van der Waals surface area contributed by atoms with Gasteiger partial charge in [0, 0.05) is 35.3 Å². The first-order valence-corrected chi connectivity index (χ1v) is 9.98. The van der Waals surface area contributed by atoms with Crippen LogP contribution >= 0.6 is 15.9 Å². The molecule has 2 heterocycles. The van der Waals surface area contributed by atoms with Gasteiger partial charge in [-0.3, -0.25) is 14.3 Å². The number of halogens is 2. The summed E-state index contributed by atoms with van der Waals surface area (Å²) >= 11 is 3.11. The topological polar surface area (TPSA) is 140 Å². The van der Waals surface area contributed by atoms with Crippen molar-refractivity contribution in [1.82, 2.24) is 14.9 Å². The van der Waals surface area contributed by atoms with E-state index in [9.17, 15) is 29.2 Å². The van der Waals surface area contributed by atoms with Crippen LogP contribution < -0.4 is 10.2 Å². The molecule has 166 valence electrons. The number of rotatable bonds is 8. The Balaban J connectivity index is 1.75. The van der Waals surface area contributed by atoms with Crippen LogP contribution in [0.1, 0.15) is 18.4 Å². The van der Waals surface area contributed by atoms with Crippen molar-refractivity contribution in [3.63, 3.8) is 0 Å². The first-order valence-electron chi connectivity index (χ1n) is 9.19. The molecule has 2 aromatic rings. The average Bonchev–Trinajstić information content (AvgIpc) is 3.27. The highest BCUT2D eigenvalue weighted by Crippen LogP contribution is 2.29. The normalized spacial score (nSPS) is 16.8. The Morgan fingerprint density at radius 3 is 2.87 bits per heavy atom. The van der Waals surface area contributed by atoms with Crippen molar-refractivity contribution in [2.45, 2.75) is 25.5 Å². The fourth-order valence-electron chi connectivity index (χ4n) is 3.20. The number of hydrogen-bond donors (Lipinski definition) is 2. The number of nitrogens with one attached hydrogen (secondary N) is 1. The second-order valence-electron chi connectivity index (χ2n) is 6.92. The number of benzene rings is 1. The van der Waals surface area contributed by atoms with E-state index in [0.717, 1.165) is 6.07 Å². The Bertz CT molecular complexity index is 1020. The molecule has 1 aromatic carbocycles. The van der Waals surface area contributed by atoms with Gasteiger partial charge in [0.1, 0.15) is 18.1 Å². The second kappa shape index (κ2) is 9.39. The van der Waals surface area contributed by atoms with Crippen LogP contribution in [0.2, 0.25) is 0 Å². The standard InChI is InChI=1S/C18H19BrFN5O6/c1-10(27)21-5-13-7-24(18(28)31-13)12-2-3-14(15(20)4-12)11(9-26)6-23-8-16(25(29)30)22-17(23)19/h2-4,8,11,13,26H,5-7,9H2,1H3,(H,21,27). The number of nitro groups is 1. The molecule has 1 fully saturated rings. The number of aliphatic hydroxyl groups is 1. The molecule has 1 saturated heterocycles. The van der Waals surface area contributed by atoms with E-state index >= 15 is 0 Å². The minimum Gasteiger partial charge on any atom is -0.442 e. The number of anilines is 1. The van der Waals surface area contributed by atoms with E-state index in [2.05, 4.69) is 26.2 Å². The molecule has 2 unspecified atom stereocenters. The minimum atomic E-state index is -0.711. The van der Waals surface area contributed by atoms with Crippen LogP contribution in [0.3, 0.4) is 0 Å². The van der Waals surface area contributed by atoms with E-state index in [4.69, 9.17) is 4.74 Å². The average molecular weight is 500 g/mol. The Hall–Kier alpha value is -3.06. The molecule has 2 amide bonds. The number of hydrogen-bond acceptors (Lipinski definition) is 7. The molecule has 0 saturated carbocycles. The van der Waals surface area contributed by atoms with Crippen molar-refractivity contribution in [3.8, 4) is 0 Å². The molecular formula is C18H19BrFN5O6. The first-order chi connectivity index (χ1) is 14.7. The maximum Gasteiger partial charge on any atom is 0.414 e. The van der Waals surface area contributed by atoms with Crippen LogP contribution in [0, 0.1) is 15.9 Å². The van der Waals surface area contributed by atoms with Crippen molar-refractivity contribution in [1.29, 1.82) is 0 Å². The minimum absolute atomic E-state index is 0.0404. The smallest absolute Gasteiger partial charge is 0.414 e. The van der Waals surface area contributed by atoms with E-state index in [1.807, 2.05) is 0 Å². The summed E-state index contributed by atoms with van der Waals surface area (Å²) in [6.07, 6.45) is -0.0244. The summed E-state index contributed by atoms with van der Waals surface area (Å²) in [5, 5.41) is 23.2. The van der Waals surface area contributed by atoms with Crippen molar-refractivity contribution in [2.75, 3.05) is 24.6 Å². The number of ether oxygens (including phenoxy) is 1. The van der Waals surface area contributed by atoms with Gasteiger partial charge in [-0.1, -0.05) is 6.07 Å². The van der Waals surface area contributed by atoms with Crippen LogP contribution in [-0.4, -0.2) is 57.4 Å². The van der Waals surface area contributed by atoms with Gasteiger partial charge in [-0.15, -0.1) is 0 Å². The van der Waals surface area contributed by atoms with Gasteiger partial charge in [-0.25, -0.2) is 9.18 Å². The van der Waals surface area contributed by atoms with Crippen LogP contribution in [0.15, 0.2) is 29.1 Å². The highest BCUT2D eigenvalue weighted by atomic mass is 79.9. The number of amides is 2. The predicted molar refractivity (Wildman–Crippen MR) is 109 cm³/mol. The zero-order chi connectivity index (χ0) is 22.7. The zero-order valence-corrected chi connectivity index (χ0v) is 17.9. The van der Waals surface area contributed by atoms with Crippen LogP contribution in [0.4, 0.5) is 20.7 Å². The van der Waals surface area contributed by atoms with Gasteiger partial charge in [0.15, 0.2) is 0 Å². The lowest BCUT2D eigenvalue weighted by molar-refractivity contribution is -0.389. The fourth-order valence-corrected chi connectivity index (χ4v) is 3.63. The fraction of sp³-hybridized carbons (Fsp3) is 0.389. The predicted octanol–water partition coefficient (Wildman–Crippen LogP) is 1.93. The number of nitrogens with zero attached hydrogens (tertiary/aromatic N) is 4. The van der Waals surface area contributed by atoms with Gasteiger partial charge < -0.3 is 25.3 Å². The number of imidazole rings is 1. The molecule has 3 rings (SSSR count). The lowest BCUT2D eigenvalue weighted by Crippen LogP contribution is -2.33. The quantitative estimate of drug-likeness (QED) is 0.417. The molecule has 2 N–H and O–H groups in total. The van der Waals surface area contributed by atoms with Gasteiger partial charge in [0.25, 0.3) is 4.73 Å². The number of aliphatic hydroxyl groups excluding tert-OH is 1. The largest absolute Gasteiger partial charge is 0.442 e. The molecular weight excluding hydrogens is 481 g/mol. The molecule has 1 aliphatic rings. The van der Waals surface area contributed by atoms with E-state index in [0.29, 0.717) is 0 Å². The first kappa shape index (κ1) is 22.6. The maximum atomic E-state index is 14.9. The highest BCUT2D eigenvalue weighted by molar-refractivity contribution is 9.10. The van der Waals surface area contributed by atoms with Gasteiger partial charge in [-0.2, -0.15) is 0 Å². The zero-order valence-electron chi connectivity index (χ0n) is 16.3. The molecule has 2 atom stereocenters. The van der Waals surface area contributed by atoms with Crippen molar-refractivity contribution >= 4 is 39.4 Å². The number of aromatic nitrogens is 2. The Morgan fingerprint density at radius 2 is 2.29 bits per heavy atom. The van der Waals surface area contributed by atoms with E-state index in [-0.39, 0.29) is 47.3 Å². The van der Waals surface area contributed by atoms with E-state index in [1.54, 1.807) is 0 Å². The summed E-state index contributed by atoms with van der Waals surface area (Å²) in [4.78, 5) is 38.3. The van der Waals surface area contributed by atoms with E-state index < -0.39 is 35.5 Å². The Kier molecular flexibility index (Phi) is 6.85. The molecule has 0 spiro atoms. The lowest BCUT2D eigenvalue weighted by atomic mass is 9.98. The van der Waals surface area contributed by atoms with E-state index in [1.165, 1.54) is 34.7 Å². The van der Waals surface area contributed by atoms with Crippen molar-refractivity contribution in [3.05, 3.63) is 50.6 Å². The lowest BCUT2D eigenvalue weighted by Gasteiger charge is -2.19. The van der Waals surface area contributed by atoms with Crippen molar-refractivity contribution < 1.29 is 28.7 Å². The van der Waals surface area contributed by atoms with Gasteiger partial charge in [0.2, 0.25) is 5.91 Å². The molecule has 1 aromatic heterocycles. The third kappa shape index (κ3) is 5.17. The molecule has 1 aliphatic heterocycles. The number of carbonyl (C=O) groups excluding carboxylic acids is 2. The van der Waals surface area contributed by atoms with Crippen LogP contribution in [-0.2, 0) is 16.1 Å². The second-order valence-corrected chi connectivity index (χ2v) is 7.63. The number of cyclic esters (lactones) is 1. The molecule has 11 nitrogen and oxygen atoms in total. The molecule has 13 heteroatoms. The van der Waals surface area contributed by atoms with Gasteiger partial charge >= 0.3 is 11.9 Å². The molecule has 0 aliphatic carbocycles. The van der Waals surface area contributed by atoms with Crippen molar-refractivity contribution in [2.24, 2.45) is 0 Å². The highest BCUT2D eigenvalue weighted by Gasteiger charge is 2.33. The summed E-state index contributed by atoms with van der Waals surface area (Å²) < 4.78 is 21.6. The summed E-state index contributed by atoms with van der Waals surface area (Å²) in [7, 11) is 0. The maximum absolute atomic E-state index is 14.9. The summed E-state index contributed by atoms with van der Waals surface area (Å²) in [5.74, 6) is -1.99. The number of carbonyl (C=O) groups is 2. The molecule has 0 radical (unpaired) electrons. The summed E-state index contributed by atoms with van der Waals surface area (Å²) in [6.45, 7) is 1.27. The summed E-state index contributed by atoms with van der Waals surface area (Å²) in [5.41, 5.74) is 0.449. The SMILES string of the molecule is CC(=O)NCC1CN(c2ccc(C(CO)Cn3cc([N+](=O)[O-])nc3Br)c(F)c2)C(=O)O1. The van der Waals surface area contributed by atoms with Crippen LogP contribution in [0.5, 0.6) is 0 Å². The van der Waals surface area contributed by atoms with Gasteiger partial charge in [0.05, 0.1) is 25.4 Å². The Labute approximate surface area is 184 Å². The third-order valence-corrected chi connectivity index (χ3v) is 5.36. The third-order valence-electron chi connectivity index (χ3n) is 4.73. The van der Waals surface area contributed by atoms with Gasteiger partial charge in [-0.05, 0) is 27.6 Å². The summed E-state index contributed by atoms with van der Waals surface area (Å²) in [6, 6.07) is 4.12. The van der Waals surface area contributed by atoms with Crippen LogP contribution in [0.25, 0.3) is 0 Å².